The third-order valence-electron chi connectivity index (χ3n) is 5.58. The van der Waals surface area contributed by atoms with Gasteiger partial charge in [0.05, 0.1) is 0 Å². The third-order valence-corrected chi connectivity index (χ3v) is 5.82. The SMILES string of the molecule is CC(C(=O)N1CCC(N(C)Cc2noc3ccc(Cl)cc23)CC1)n1cccn1. The van der Waals surface area contributed by atoms with Crippen molar-refractivity contribution in [3.63, 3.8) is 0 Å². The molecule has 1 atom stereocenters. The molecule has 1 saturated heterocycles. The number of rotatable bonds is 5. The maximum atomic E-state index is 12.7. The van der Waals surface area contributed by atoms with Crippen molar-refractivity contribution in [3.05, 3.63) is 47.4 Å². The van der Waals surface area contributed by atoms with E-state index in [-0.39, 0.29) is 11.9 Å². The molecular weight excluding hydrogens is 378 g/mol. The highest BCUT2D eigenvalue weighted by molar-refractivity contribution is 6.31. The predicted molar refractivity (Wildman–Crippen MR) is 107 cm³/mol. The summed E-state index contributed by atoms with van der Waals surface area (Å²) in [6, 6.07) is 7.52. The molecule has 1 aliphatic rings. The Kier molecular flexibility index (Phi) is 5.37. The number of aromatic nitrogens is 3. The van der Waals surface area contributed by atoms with Crippen LogP contribution >= 0.6 is 11.6 Å². The van der Waals surface area contributed by atoms with Crippen LogP contribution in [0.15, 0.2) is 41.2 Å². The first-order valence-electron chi connectivity index (χ1n) is 9.55. The predicted octanol–water partition coefficient (Wildman–Crippen LogP) is 3.36. The lowest BCUT2D eigenvalue weighted by atomic mass is 10.0. The molecule has 2 aromatic heterocycles. The Morgan fingerprint density at radius 2 is 2.18 bits per heavy atom. The van der Waals surface area contributed by atoms with Crippen LogP contribution in [0.25, 0.3) is 11.0 Å². The summed E-state index contributed by atoms with van der Waals surface area (Å²) in [5.41, 5.74) is 1.65. The molecule has 0 bridgehead atoms. The summed E-state index contributed by atoms with van der Waals surface area (Å²) in [5.74, 6) is 0.127. The first kappa shape index (κ1) is 19.0. The molecule has 1 amide bonds. The Morgan fingerprint density at radius 3 is 2.89 bits per heavy atom. The van der Waals surface area contributed by atoms with Crippen LogP contribution < -0.4 is 0 Å². The average Bonchev–Trinajstić information content (AvgIpc) is 3.37. The second kappa shape index (κ2) is 7.93. The van der Waals surface area contributed by atoms with Crippen LogP contribution in [0.3, 0.4) is 0 Å². The number of benzene rings is 1. The van der Waals surface area contributed by atoms with Crippen molar-refractivity contribution in [3.8, 4) is 0 Å². The van der Waals surface area contributed by atoms with Gasteiger partial charge in [-0.1, -0.05) is 16.8 Å². The van der Waals surface area contributed by atoms with Gasteiger partial charge in [0.25, 0.3) is 0 Å². The Balaban J connectivity index is 1.35. The molecule has 28 heavy (non-hydrogen) atoms. The molecule has 0 aliphatic carbocycles. The van der Waals surface area contributed by atoms with Crippen LogP contribution in [0.4, 0.5) is 0 Å². The molecule has 4 rings (SSSR count). The number of carbonyl (C=O) groups excluding carboxylic acids is 1. The van der Waals surface area contributed by atoms with Crippen molar-refractivity contribution in [1.29, 1.82) is 0 Å². The van der Waals surface area contributed by atoms with Gasteiger partial charge in [-0.25, -0.2) is 0 Å². The number of nitrogens with zero attached hydrogens (tertiary/aromatic N) is 5. The van der Waals surface area contributed by atoms with Crippen LogP contribution in [0, 0.1) is 0 Å². The first-order valence-corrected chi connectivity index (χ1v) is 9.92. The summed E-state index contributed by atoms with van der Waals surface area (Å²) >= 11 is 6.11. The molecule has 0 N–H and O–H groups in total. The van der Waals surface area contributed by atoms with Gasteiger partial charge in [0.2, 0.25) is 5.91 Å². The summed E-state index contributed by atoms with van der Waals surface area (Å²) < 4.78 is 7.12. The van der Waals surface area contributed by atoms with Crippen LogP contribution in [0.1, 0.15) is 31.5 Å². The quantitative estimate of drug-likeness (QED) is 0.655. The zero-order valence-electron chi connectivity index (χ0n) is 16.1. The zero-order valence-corrected chi connectivity index (χ0v) is 16.8. The summed E-state index contributed by atoms with van der Waals surface area (Å²) in [6.07, 6.45) is 5.40. The van der Waals surface area contributed by atoms with E-state index < -0.39 is 0 Å². The standard InChI is InChI=1S/C20H24ClN5O2/c1-14(26-9-3-8-22-26)20(27)25-10-6-16(7-11-25)24(2)13-18-17-12-15(21)4-5-19(17)28-23-18/h3-5,8-9,12,14,16H,6-7,10-11,13H2,1-2H3. The van der Waals surface area contributed by atoms with E-state index in [2.05, 4.69) is 22.2 Å². The van der Waals surface area contributed by atoms with E-state index in [1.54, 1.807) is 16.9 Å². The van der Waals surface area contributed by atoms with E-state index in [0.717, 1.165) is 42.6 Å². The summed E-state index contributed by atoms with van der Waals surface area (Å²) in [5, 5.41) is 10.0. The van der Waals surface area contributed by atoms with Gasteiger partial charge < -0.3 is 9.42 Å². The highest BCUT2D eigenvalue weighted by Crippen LogP contribution is 2.25. The fourth-order valence-electron chi connectivity index (χ4n) is 3.85. The van der Waals surface area contributed by atoms with Crippen molar-refractivity contribution in [2.75, 3.05) is 20.1 Å². The van der Waals surface area contributed by atoms with Crippen LogP contribution in [0.2, 0.25) is 5.02 Å². The van der Waals surface area contributed by atoms with Crippen molar-refractivity contribution >= 4 is 28.5 Å². The van der Waals surface area contributed by atoms with Crippen LogP contribution in [-0.2, 0) is 11.3 Å². The lowest BCUT2D eigenvalue weighted by Gasteiger charge is -2.37. The Morgan fingerprint density at radius 1 is 1.39 bits per heavy atom. The van der Waals surface area contributed by atoms with E-state index in [0.29, 0.717) is 17.6 Å². The molecule has 148 valence electrons. The largest absolute Gasteiger partial charge is 0.356 e. The fourth-order valence-corrected chi connectivity index (χ4v) is 4.03. The van der Waals surface area contributed by atoms with E-state index >= 15 is 0 Å². The van der Waals surface area contributed by atoms with Gasteiger partial charge in [0, 0.05) is 48.5 Å². The average molecular weight is 402 g/mol. The zero-order chi connectivity index (χ0) is 19.7. The minimum absolute atomic E-state index is 0.127. The summed E-state index contributed by atoms with van der Waals surface area (Å²) in [7, 11) is 2.10. The molecule has 3 heterocycles. The van der Waals surface area contributed by atoms with Crippen LogP contribution in [-0.4, -0.2) is 56.8 Å². The smallest absolute Gasteiger partial charge is 0.247 e. The number of carbonyl (C=O) groups is 1. The van der Waals surface area contributed by atoms with E-state index in [4.69, 9.17) is 16.1 Å². The number of fused-ring (bicyclic) bond motifs is 1. The van der Waals surface area contributed by atoms with Gasteiger partial charge in [-0.05, 0) is 51.1 Å². The molecule has 0 spiro atoms. The topological polar surface area (TPSA) is 67.4 Å². The maximum absolute atomic E-state index is 12.7. The van der Waals surface area contributed by atoms with E-state index in [1.807, 2.05) is 36.2 Å². The Bertz CT molecular complexity index is 947. The normalized spacial score (nSPS) is 16.8. The Labute approximate surface area is 168 Å². The molecule has 1 unspecified atom stereocenters. The molecule has 0 radical (unpaired) electrons. The second-order valence-electron chi connectivity index (χ2n) is 7.40. The number of piperidine rings is 1. The first-order chi connectivity index (χ1) is 13.5. The van der Waals surface area contributed by atoms with Crippen molar-refractivity contribution in [2.24, 2.45) is 0 Å². The van der Waals surface area contributed by atoms with Crippen molar-refractivity contribution in [1.82, 2.24) is 24.7 Å². The minimum atomic E-state index is -0.268. The highest BCUT2D eigenvalue weighted by Gasteiger charge is 2.29. The number of likely N-dealkylation sites (tertiary alicyclic amines) is 1. The monoisotopic (exact) mass is 401 g/mol. The number of hydrogen-bond donors (Lipinski definition) is 0. The third kappa shape index (κ3) is 3.77. The lowest BCUT2D eigenvalue weighted by Crippen LogP contribution is -2.47. The highest BCUT2D eigenvalue weighted by atomic mass is 35.5. The van der Waals surface area contributed by atoms with Crippen molar-refractivity contribution in [2.45, 2.75) is 38.4 Å². The molecule has 8 heteroatoms. The van der Waals surface area contributed by atoms with Gasteiger partial charge >= 0.3 is 0 Å². The molecule has 3 aromatic rings. The van der Waals surface area contributed by atoms with Crippen molar-refractivity contribution < 1.29 is 9.32 Å². The molecule has 1 aliphatic heterocycles. The number of hydrogen-bond acceptors (Lipinski definition) is 5. The van der Waals surface area contributed by atoms with E-state index in [1.165, 1.54) is 0 Å². The van der Waals surface area contributed by atoms with Gasteiger partial charge in [0.15, 0.2) is 5.58 Å². The fraction of sp³-hybridized carbons (Fsp3) is 0.450. The summed E-state index contributed by atoms with van der Waals surface area (Å²) in [4.78, 5) is 17.0. The number of halogens is 1. The summed E-state index contributed by atoms with van der Waals surface area (Å²) in [6.45, 7) is 4.10. The van der Waals surface area contributed by atoms with Gasteiger partial charge in [-0.2, -0.15) is 5.10 Å². The molecular formula is C20H24ClN5O2. The molecule has 1 fully saturated rings. The van der Waals surface area contributed by atoms with Gasteiger partial charge in [0.1, 0.15) is 11.7 Å². The van der Waals surface area contributed by atoms with Gasteiger partial charge in [-0.15, -0.1) is 0 Å². The molecule has 7 nitrogen and oxygen atoms in total. The minimum Gasteiger partial charge on any atom is -0.356 e. The van der Waals surface area contributed by atoms with Crippen LogP contribution in [0.5, 0.6) is 0 Å². The Hall–Kier alpha value is -2.38. The molecule has 0 saturated carbocycles. The maximum Gasteiger partial charge on any atom is 0.247 e. The molecule has 1 aromatic carbocycles. The van der Waals surface area contributed by atoms with Gasteiger partial charge in [-0.3, -0.25) is 14.4 Å². The number of amides is 1. The van der Waals surface area contributed by atoms with E-state index in [9.17, 15) is 4.79 Å². The second-order valence-corrected chi connectivity index (χ2v) is 7.84. The lowest BCUT2D eigenvalue weighted by molar-refractivity contribution is -0.136.